The molecule has 3 heterocycles. The summed E-state index contributed by atoms with van der Waals surface area (Å²) < 4.78 is 1.70. The number of hydrogen-bond donors (Lipinski definition) is 0. The zero-order valence-corrected chi connectivity index (χ0v) is 13.3. The van der Waals surface area contributed by atoms with Crippen molar-refractivity contribution in [2.45, 2.75) is 19.3 Å². The highest BCUT2D eigenvalue weighted by molar-refractivity contribution is 7.19. The first kappa shape index (κ1) is 13.6. The predicted octanol–water partition coefficient (Wildman–Crippen LogP) is 3.40. The summed E-state index contributed by atoms with van der Waals surface area (Å²) in [5.74, 6) is 0.553. The molecule has 1 aliphatic rings. The van der Waals surface area contributed by atoms with Gasteiger partial charge >= 0.3 is 0 Å². The first-order chi connectivity index (χ1) is 11.7. The van der Waals surface area contributed by atoms with Crippen LogP contribution in [0.25, 0.3) is 27.3 Å². The lowest BCUT2D eigenvalue weighted by atomic mass is 10.2. The number of fused-ring (bicyclic) bond motifs is 5. The first-order valence-corrected chi connectivity index (χ1v) is 8.43. The molecule has 0 amide bonds. The predicted molar refractivity (Wildman–Crippen MR) is 90.3 cm³/mol. The van der Waals surface area contributed by atoms with Crippen LogP contribution < -0.4 is 0 Å². The van der Waals surface area contributed by atoms with Gasteiger partial charge in [-0.05, 0) is 37.0 Å². The van der Waals surface area contributed by atoms with Crippen LogP contribution in [0, 0.1) is 10.1 Å². The lowest BCUT2D eigenvalue weighted by Gasteiger charge is -1.95. The van der Waals surface area contributed by atoms with Crippen LogP contribution in [0.2, 0.25) is 0 Å². The minimum Gasteiger partial charge on any atom is -0.258 e. The molecule has 0 aliphatic heterocycles. The number of benzene rings is 1. The maximum Gasteiger partial charge on any atom is 0.269 e. The number of nitrogens with zero attached hydrogens (tertiary/aromatic N) is 5. The molecule has 0 saturated carbocycles. The molecule has 3 aromatic heterocycles. The third-order valence-corrected chi connectivity index (χ3v) is 5.58. The molecular weight excluding hydrogens is 326 g/mol. The third-order valence-electron chi connectivity index (χ3n) is 4.38. The van der Waals surface area contributed by atoms with Crippen LogP contribution in [0.1, 0.15) is 16.9 Å². The van der Waals surface area contributed by atoms with E-state index in [1.807, 2.05) is 0 Å². The molecule has 8 heteroatoms. The van der Waals surface area contributed by atoms with Crippen molar-refractivity contribution in [3.8, 4) is 11.4 Å². The summed E-state index contributed by atoms with van der Waals surface area (Å²) in [6.45, 7) is 0. The van der Waals surface area contributed by atoms with E-state index in [1.54, 1.807) is 34.3 Å². The number of hydrogen-bond acceptors (Lipinski definition) is 6. The van der Waals surface area contributed by atoms with Crippen LogP contribution in [0.15, 0.2) is 30.6 Å². The van der Waals surface area contributed by atoms with Gasteiger partial charge in [0.15, 0.2) is 11.5 Å². The molecule has 0 fully saturated rings. The van der Waals surface area contributed by atoms with Gasteiger partial charge in [-0.3, -0.25) is 10.1 Å². The van der Waals surface area contributed by atoms with E-state index in [0.717, 1.165) is 34.3 Å². The summed E-state index contributed by atoms with van der Waals surface area (Å²) in [4.78, 5) is 22.0. The van der Waals surface area contributed by atoms with Gasteiger partial charge in [0.1, 0.15) is 11.2 Å². The van der Waals surface area contributed by atoms with Gasteiger partial charge in [-0.2, -0.15) is 0 Å². The molecule has 0 atom stereocenters. The second-order valence-corrected chi connectivity index (χ2v) is 6.87. The van der Waals surface area contributed by atoms with Crippen LogP contribution in [-0.2, 0) is 12.8 Å². The normalized spacial score (nSPS) is 13.7. The Morgan fingerprint density at radius 3 is 2.83 bits per heavy atom. The fourth-order valence-electron chi connectivity index (χ4n) is 3.25. The highest BCUT2D eigenvalue weighted by Gasteiger charge is 2.22. The topological polar surface area (TPSA) is 86.2 Å². The minimum atomic E-state index is -0.414. The standard InChI is InChI=1S/C16H11N5O2S/c22-21(23)10-6-4-9(5-7-10)14-18-15-13-11-2-1-3-12(11)24-16(13)17-8-20(15)19-14/h4-8H,1-3H2. The van der Waals surface area contributed by atoms with E-state index in [1.165, 1.54) is 29.0 Å². The molecule has 0 radical (unpaired) electrons. The van der Waals surface area contributed by atoms with E-state index in [-0.39, 0.29) is 5.69 Å². The van der Waals surface area contributed by atoms with Gasteiger partial charge in [-0.1, -0.05) is 0 Å². The van der Waals surface area contributed by atoms with Gasteiger partial charge in [0.25, 0.3) is 5.69 Å². The third kappa shape index (κ3) is 1.86. The second-order valence-electron chi connectivity index (χ2n) is 5.79. The van der Waals surface area contributed by atoms with Crippen LogP contribution >= 0.6 is 11.3 Å². The van der Waals surface area contributed by atoms with Gasteiger partial charge in [-0.15, -0.1) is 16.4 Å². The van der Waals surface area contributed by atoms with E-state index in [4.69, 9.17) is 0 Å². The largest absolute Gasteiger partial charge is 0.269 e. The number of rotatable bonds is 2. The quantitative estimate of drug-likeness (QED) is 0.413. The van der Waals surface area contributed by atoms with Crippen molar-refractivity contribution in [1.82, 2.24) is 19.6 Å². The summed E-state index contributed by atoms with van der Waals surface area (Å²) in [5.41, 5.74) is 2.98. The Morgan fingerprint density at radius 1 is 1.21 bits per heavy atom. The Balaban J connectivity index is 1.70. The number of nitro groups is 1. The lowest BCUT2D eigenvalue weighted by molar-refractivity contribution is -0.384. The molecule has 5 rings (SSSR count). The molecule has 0 bridgehead atoms. The Hall–Kier alpha value is -2.87. The Morgan fingerprint density at radius 2 is 2.04 bits per heavy atom. The zero-order valence-electron chi connectivity index (χ0n) is 12.5. The maximum absolute atomic E-state index is 10.8. The molecule has 4 aromatic rings. The molecule has 0 N–H and O–H groups in total. The first-order valence-electron chi connectivity index (χ1n) is 7.61. The van der Waals surface area contributed by atoms with Gasteiger partial charge in [0, 0.05) is 22.6 Å². The molecule has 1 aliphatic carbocycles. The van der Waals surface area contributed by atoms with Gasteiger partial charge in [0.2, 0.25) is 0 Å². The monoisotopic (exact) mass is 337 g/mol. The molecular formula is C16H11N5O2S. The van der Waals surface area contributed by atoms with E-state index >= 15 is 0 Å². The van der Waals surface area contributed by atoms with Crippen molar-refractivity contribution < 1.29 is 4.92 Å². The molecule has 0 saturated heterocycles. The number of non-ortho nitro benzene ring substituents is 1. The van der Waals surface area contributed by atoms with Crippen molar-refractivity contribution in [3.05, 3.63) is 51.1 Å². The average molecular weight is 337 g/mol. The lowest BCUT2D eigenvalue weighted by Crippen LogP contribution is -1.91. The summed E-state index contributed by atoms with van der Waals surface area (Å²) in [7, 11) is 0. The smallest absolute Gasteiger partial charge is 0.258 e. The van der Waals surface area contributed by atoms with E-state index in [0.29, 0.717) is 5.82 Å². The molecule has 24 heavy (non-hydrogen) atoms. The number of aryl methyl sites for hydroxylation is 2. The highest BCUT2D eigenvalue weighted by atomic mass is 32.1. The second kappa shape index (κ2) is 4.81. The SMILES string of the molecule is O=[N+]([O-])c1ccc(-c2nc3c4c5c(sc4ncn3n2)CCC5)cc1. The Bertz CT molecular complexity index is 1110. The van der Waals surface area contributed by atoms with E-state index in [2.05, 4.69) is 15.1 Å². The fourth-order valence-corrected chi connectivity index (χ4v) is 4.47. The number of thiophene rings is 1. The number of aromatic nitrogens is 4. The van der Waals surface area contributed by atoms with Crippen LogP contribution in [0.3, 0.4) is 0 Å². The van der Waals surface area contributed by atoms with Crippen LogP contribution in [-0.4, -0.2) is 24.5 Å². The van der Waals surface area contributed by atoms with Crippen molar-refractivity contribution in [2.75, 3.05) is 0 Å². The van der Waals surface area contributed by atoms with Crippen LogP contribution in [0.5, 0.6) is 0 Å². The fraction of sp³-hybridized carbons (Fsp3) is 0.188. The van der Waals surface area contributed by atoms with Crippen LogP contribution in [0.4, 0.5) is 5.69 Å². The van der Waals surface area contributed by atoms with Crippen molar-refractivity contribution in [2.24, 2.45) is 0 Å². The van der Waals surface area contributed by atoms with E-state index < -0.39 is 4.92 Å². The van der Waals surface area contributed by atoms with Crippen molar-refractivity contribution >= 4 is 32.9 Å². The number of nitro benzene ring substituents is 1. The minimum absolute atomic E-state index is 0.0576. The molecule has 7 nitrogen and oxygen atoms in total. The van der Waals surface area contributed by atoms with Gasteiger partial charge in [-0.25, -0.2) is 14.5 Å². The van der Waals surface area contributed by atoms with Gasteiger partial charge in [0.05, 0.1) is 10.3 Å². The summed E-state index contributed by atoms with van der Waals surface area (Å²) in [6, 6.07) is 6.29. The molecule has 1 aromatic carbocycles. The van der Waals surface area contributed by atoms with Crippen molar-refractivity contribution in [3.63, 3.8) is 0 Å². The maximum atomic E-state index is 10.8. The zero-order chi connectivity index (χ0) is 16.3. The Labute approximate surface area is 139 Å². The highest BCUT2D eigenvalue weighted by Crippen LogP contribution is 2.38. The summed E-state index contributed by atoms with van der Waals surface area (Å²) in [5, 5.41) is 16.4. The molecule has 118 valence electrons. The van der Waals surface area contributed by atoms with Gasteiger partial charge < -0.3 is 0 Å². The van der Waals surface area contributed by atoms with Crippen molar-refractivity contribution in [1.29, 1.82) is 0 Å². The summed E-state index contributed by atoms with van der Waals surface area (Å²) >= 11 is 1.74. The summed E-state index contributed by atoms with van der Waals surface area (Å²) in [6.07, 6.45) is 5.05. The average Bonchev–Trinajstić information content (AvgIpc) is 3.27. The molecule has 0 unspecified atom stereocenters. The van der Waals surface area contributed by atoms with E-state index in [9.17, 15) is 10.1 Å². The molecule has 0 spiro atoms. The Kier molecular flexibility index (Phi) is 2.72.